The second kappa shape index (κ2) is 4.83. The molecule has 0 aliphatic heterocycles. The van der Waals surface area contributed by atoms with E-state index in [1.165, 1.54) is 27.9 Å². The molecule has 0 N–H and O–H groups in total. The van der Waals surface area contributed by atoms with Gasteiger partial charge in [0.25, 0.3) is 5.91 Å². The molecule has 0 spiro atoms. The van der Waals surface area contributed by atoms with Gasteiger partial charge in [0.1, 0.15) is 12.1 Å². The van der Waals surface area contributed by atoms with Crippen molar-refractivity contribution in [2.45, 2.75) is 32.5 Å². The van der Waals surface area contributed by atoms with Crippen LogP contribution in [0.3, 0.4) is 0 Å². The molecule has 3 nitrogen and oxygen atoms in total. The van der Waals surface area contributed by atoms with Crippen LogP contribution >= 0.6 is 0 Å². The van der Waals surface area contributed by atoms with Crippen molar-refractivity contribution >= 4 is 5.91 Å². The van der Waals surface area contributed by atoms with Crippen molar-refractivity contribution in [2.75, 3.05) is 20.2 Å². The molecular formula is C9H16F3NO2. The van der Waals surface area contributed by atoms with Crippen molar-refractivity contribution in [3.8, 4) is 0 Å². The number of alkyl halides is 3. The van der Waals surface area contributed by atoms with Gasteiger partial charge in [-0.3, -0.25) is 4.79 Å². The summed E-state index contributed by atoms with van der Waals surface area (Å²) in [5, 5.41) is 0. The number of carbonyl (C=O) groups excluding carboxylic acids is 1. The minimum absolute atomic E-state index is 0.00509. The van der Waals surface area contributed by atoms with Crippen molar-refractivity contribution in [1.29, 1.82) is 0 Å². The molecule has 0 aliphatic rings. The largest absolute Gasteiger partial charge is 0.406 e. The number of methoxy groups -OCH3 is 1. The highest BCUT2D eigenvalue weighted by molar-refractivity contribution is 5.84. The first-order chi connectivity index (χ1) is 6.64. The first-order valence-electron chi connectivity index (χ1n) is 4.55. The second-order valence-corrected chi connectivity index (χ2v) is 3.65. The SMILES string of the molecule is CCN(CC(F)(F)F)C(=O)C(C)(C)OC. The number of halogens is 3. The molecule has 0 heterocycles. The summed E-state index contributed by atoms with van der Waals surface area (Å²) in [5.74, 6) is -0.662. The van der Waals surface area contributed by atoms with Gasteiger partial charge in [-0.2, -0.15) is 13.2 Å². The smallest absolute Gasteiger partial charge is 0.369 e. The number of amides is 1. The van der Waals surface area contributed by atoms with E-state index in [-0.39, 0.29) is 6.54 Å². The molecular weight excluding hydrogens is 211 g/mol. The standard InChI is InChI=1S/C9H16F3NO2/c1-5-13(6-9(10,11)12)7(14)8(2,3)15-4/h5-6H2,1-4H3. The molecule has 0 bridgehead atoms. The lowest BCUT2D eigenvalue weighted by atomic mass is 10.1. The van der Waals surface area contributed by atoms with Gasteiger partial charge in [0.2, 0.25) is 0 Å². The molecule has 0 saturated carbocycles. The van der Waals surface area contributed by atoms with Crippen LogP contribution in [-0.2, 0) is 9.53 Å². The van der Waals surface area contributed by atoms with Gasteiger partial charge in [-0.15, -0.1) is 0 Å². The fraction of sp³-hybridized carbons (Fsp3) is 0.889. The van der Waals surface area contributed by atoms with E-state index in [4.69, 9.17) is 4.74 Å². The molecule has 0 aromatic heterocycles. The summed E-state index contributed by atoms with van der Waals surface area (Å²) >= 11 is 0. The molecule has 0 saturated heterocycles. The Morgan fingerprint density at radius 3 is 2.07 bits per heavy atom. The summed E-state index contributed by atoms with van der Waals surface area (Å²) in [5.41, 5.74) is -1.22. The summed E-state index contributed by atoms with van der Waals surface area (Å²) in [4.78, 5) is 12.3. The Kier molecular flexibility index (Phi) is 4.58. The van der Waals surface area contributed by atoms with Crippen LogP contribution in [0.4, 0.5) is 13.2 Å². The Morgan fingerprint density at radius 1 is 1.33 bits per heavy atom. The van der Waals surface area contributed by atoms with Crippen LogP contribution in [0.5, 0.6) is 0 Å². The van der Waals surface area contributed by atoms with E-state index in [0.717, 1.165) is 4.90 Å². The van der Waals surface area contributed by atoms with Crippen molar-refractivity contribution in [3.63, 3.8) is 0 Å². The van der Waals surface area contributed by atoms with E-state index >= 15 is 0 Å². The molecule has 0 fully saturated rings. The molecule has 90 valence electrons. The van der Waals surface area contributed by atoms with Gasteiger partial charge in [0.05, 0.1) is 0 Å². The first-order valence-corrected chi connectivity index (χ1v) is 4.55. The van der Waals surface area contributed by atoms with Crippen LogP contribution in [0.15, 0.2) is 0 Å². The zero-order valence-electron chi connectivity index (χ0n) is 9.31. The molecule has 0 aliphatic carbocycles. The van der Waals surface area contributed by atoms with Gasteiger partial charge in [0.15, 0.2) is 0 Å². The zero-order valence-corrected chi connectivity index (χ0v) is 9.31. The number of carbonyl (C=O) groups is 1. The van der Waals surface area contributed by atoms with Crippen LogP contribution in [0.25, 0.3) is 0 Å². The van der Waals surface area contributed by atoms with E-state index in [9.17, 15) is 18.0 Å². The number of hydrogen-bond acceptors (Lipinski definition) is 2. The maximum absolute atomic E-state index is 12.1. The molecule has 0 unspecified atom stereocenters. The highest BCUT2D eigenvalue weighted by atomic mass is 19.4. The third-order valence-electron chi connectivity index (χ3n) is 2.06. The minimum Gasteiger partial charge on any atom is -0.369 e. The molecule has 1 amide bonds. The van der Waals surface area contributed by atoms with Crippen molar-refractivity contribution in [1.82, 2.24) is 4.90 Å². The number of ether oxygens (including phenoxy) is 1. The maximum Gasteiger partial charge on any atom is 0.406 e. The number of nitrogens with zero attached hydrogens (tertiary/aromatic N) is 1. The zero-order chi connectivity index (χ0) is 12.3. The van der Waals surface area contributed by atoms with E-state index < -0.39 is 24.2 Å². The third-order valence-corrected chi connectivity index (χ3v) is 2.06. The Balaban J connectivity index is 4.63. The second-order valence-electron chi connectivity index (χ2n) is 3.65. The summed E-state index contributed by atoms with van der Waals surface area (Å²) in [6, 6.07) is 0. The lowest BCUT2D eigenvalue weighted by Crippen LogP contribution is -2.49. The maximum atomic E-state index is 12.1. The van der Waals surface area contributed by atoms with Crippen LogP contribution < -0.4 is 0 Å². The molecule has 0 radical (unpaired) electrons. The van der Waals surface area contributed by atoms with E-state index in [2.05, 4.69) is 0 Å². The average molecular weight is 227 g/mol. The predicted molar refractivity (Wildman–Crippen MR) is 49.4 cm³/mol. The molecule has 0 rings (SSSR count). The van der Waals surface area contributed by atoms with E-state index in [1.807, 2.05) is 0 Å². The van der Waals surface area contributed by atoms with E-state index in [0.29, 0.717) is 0 Å². The summed E-state index contributed by atoms with van der Waals surface area (Å²) < 4.78 is 41.2. The van der Waals surface area contributed by atoms with Gasteiger partial charge < -0.3 is 9.64 Å². The van der Waals surface area contributed by atoms with E-state index in [1.54, 1.807) is 0 Å². The fourth-order valence-electron chi connectivity index (χ4n) is 1.01. The van der Waals surface area contributed by atoms with Crippen molar-refractivity contribution in [3.05, 3.63) is 0 Å². The van der Waals surface area contributed by atoms with Gasteiger partial charge in [-0.05, 0) is 20.8 Å². The minimum atomic E-state index is -4.38. The molecule has 0 aromatic rings. The number of hydrogen-bond donors (Lipinski definition) is 0. The predicted octanol–water partition coefficient (Wildman–Crippen LogP) is 1.82. The first kappa shape index (κ1) is 14.2. The Hall–Kier alpha value is -0.780. The monoisotopic (exact) mass is 227 g/mol. The highest BCUT2D eigenvalue weighted by Gasteiger charge is 2.37. The van der Waals surface area contributed by atoms with Crippen molar-refractivity contribution < 1.29 is 22.7 Å². The normalized spacial score (nSPS) is 12.7. The molecule has 15 heavy (non-hydrogen) atoms. The van der Waals surface area contributed by atoms with Crippen LogP contribution in [-0.4, -0.2) is 42.8 Å². The number of rotatable bonds is 4. The third kappa shape index (κ3) is 4.51. The lowest BCUT2D eigenvalue weighted by molar-refractivity contribution is -0.172. The van der Waals surface area contributed by atoms with Gasteiger partial charge in [0, 0.05) is 13.7 Å². The van der Waals surface area contributed by atoms with Crippen LogP contribution in [0, 0.1) is 0 Å². The van der Waals surface area contributed by atoms with Gasteiger partial charge in [-0.25, -0.2) is 0 Å². The highest BCUT2D eigenvalue weighted by Crippen LogP contribution is 2.19. The quantitative estimate of drug-likeness (QED) is 0.733. The lowest BCUT2D eigenvalue weighted by Gasteiger charge is -2.30. The topological polar surface area (TPSA) is 29.5 Å². The Morgan fingerprint density at radius 2 is 1.80 bits per heavy atom. The van der Waals surface area contributed by atoms with Gasteiger partial charge >= 0.3 is 6.18 Å². The molecule has 0 atom stereocenters. The average Bonchev–Trinajstić information content (AvgIpc) is 2.11. The van der Waals surface area contributed by atoms with Crippen LogP contribution in [0.2, 0.25) is 0 Å². The van der Waals surface area contributed by atoms with Crippen LogP contribution in [0.1, 0.15) is 20.8 Å². The Labute approximate surface area is 87.2 Å². The molecule has 6 heteroatoms. The molecule has 0 aromatic carbocycles. The summed E-state index contributed by atoms with van der Waals surface area (Å²) in [6.45, 7) is 3.14. The van der Waals surface area contributed by atoms with Gasteiger partial charge in [-0.1, -0.05) is 0 Å². The number of likely N-dealkylation sites (N-methyl/N-ethyl adjacent to an activating group) is 1. The van der Waals surface area contributed by atoms with Crippen molar-refractivity contribution in [2.24, 2.45) is 0 Å². The fourth-order valence-corrected chi connectivity index (χ4v) is 1.01. The Bertz CT molecular complexity index is 226. The summed E-state index contributed by atoms with van der Waals surface area (Å²) in [7, 11) is 1.29. The summed E-state index contributed by atoms with van der Waals surface area (Å²) in [6.07, 6.45) is -4.38.